The molecule has 3 amide bonds. The molecule has 32 heavy (non-hydrogen) atoms. The van der Waals surface area contributed by atoms with Crippen molar-refractivity contribution in [2.75, 3.05) is 12.4 Å². The molecule has 1 aromatic rings. The zero-order valence-electron chi connectivity index (χ0n) is 17.3. The van der Waals surface area contributed by atoms with Crippen LogP contribution in [0.2, 0.25) is 0 Å². The highest BCUT2D eigenvalue weighted by Gasteiger charge is 2.32. The molecule has 0 saturated heterocycles. The third kappa shape index (κ3) is 8.34. The van der Waals surface area contributed by atoms with E-state index in [9.17, 15) is 29.4 Å². The number of carboxylic acids is 1. The lowest BCUT2D eigenvalue weighted by molar-refractivity contribution is -0.144. The van der Waals surface area contributed by atoms with E-state index in [2.05, 4.69) is 23.3 Å². The van der Waals surface area contributed by atoms with Crippen molar-refractivity contribution in [3.8, 4) is 5.75 Å². The van der Waals surface area contributed by atoms with Gasteiger partial charge in [0.1, 0.15) is 23.9 Å². The lowest BCUT2D eigenvalue weighted by Gasteiger charge is -2.25. The number of hydrogen-bond acceptors (Lipinski definition) is 9. The first-order chi connectivity index (χ1) is 15.0. The van der Waals surface area contributed by atoms with Gasteiger partial charge in [-0.3, -0.25) is 14.4 Å². The molecular formula is C19H28N4O8S. The first kappa shape index (κ1) is 27.2. The number of thiol groups is 1. The monoisotopic (exact) mass is 472 g/mol. The van der Waals surface area contributed by atoms with Gasteiger partial charge in [0.2, 0.25) is 17.7 Å². The molecule has 5 atom stereocenters. The Morgan fingerprint density at radius 3 is 2.03 bits per heavy atom. The summed E-state index contributed by atoms with van der Waals surface area (Å²) in [7, 11) is 0. The highest BCUT2D eigenvalue weighted by Crippen LogP contribution is 2.11. The Bertz CT molecular complexity index is 805. The van der Waals surface area contributed by atoms with Gasteiger partial charge in [-0.25, -0.2) is 4.79 Å². The maximum atomic E-state index is 12.5. The van der Waals surface area contributed by atoms with Gasteiger partial charge in [-0.2, -0.15) is 12.6 Å². The molecule has 0 aliphatic carbocycles. The molecular weight excluding hydrogens is 444 g/mol. The summed E-state index contributed by atoms with van der Waals surface area (Å²) in [5, 5.41) is 43.7. The fourth-order valence-corrected chi connectivity index (χ4v) is 2.81. The standard InChI is InChI=1S/C19H28N4O8S/c1-9(25)15(18(29)21-13(7-24)19(30)31)23-17(28)14(8-32)22-16(27)12(20)6-10-2-4-11(26)5-3-10/h2-5,9,12-15,24-26,32H,6-8,20H2,1H3,(H,21,29)(H,22,27)(H,23,28)(H,30,31). The van der Waals surface area contributed by atoms with Crippen LogP contribution in [0.25, 0.3) is 0 Å². The van der Waals surface area contributed by atoms with E-state index < -0.39 is 60.6 Å². The zero-order valence-corrected chi connectivity index (χ0v) is 18.2. The molecule has 0 saturated carbocycles. The number of aliphatic carboxylic acids is 1. The third-order valence-corrected chi connectivity index (χ3v) is 4.77. The maximum Gasteiger partial charge on any atom is 0.328 e. The number of phenolic OH excluding ortho intramolecular Hbond substituents is 1. The van der Waals surface area contributed by atoms with E-state index in [-0.39, 0.29) is 17.9 Å². The van der Waals surface area contributed by atoms with Crippen molar-refractivity contribution < 1.29 is 39.6 Å². The number of carbonyl (C=O) groups excluding carboxylic acids is 3. The van der Waals surface area contributed by atoms with Crippen molar-refractivity contribution in [1.82, 2.24) is 16.0 Å². The molecule has 13 heteroatoms. The Balaban J connectivity index is 2.77. The molecule has 0 radical (unpaired) electrons. The lowest BCUT2D eigenvalue weighted by Crippen LogP contribution is -2.60. The number of rotatable bonds is 12. The van der Waals surface area contributed by atoms with Gasteiger partial charge in [0.15, 0.2) is 0 Å². The SMILES string of the molecule is CC(O)C(NC(=O)C(CS)NC(=O)C(N)Cc1ccc(O)cc1)C(=O)NC(CO)C(=O)O. The number of nitrogens with two attached hydrogens (primary N) is 1. The summed E-state index contributed by atoms with van der Waals surface area (Å²) in [5.41, 5.74) is 6.55. The summed E-state index contributed by atoms with van der Waals surface area (Å²) < 4.78 is 0. The Labute approximate surface area is 189 Å². The number of benzene rings is 1. The number of phenols is 1. The largest absolute Gasteiger partial charge is 0.508 e. The molecule has 0 fully saturated rings. The van der Waals surface area contributed by atoms with Crippen LogP contribution in [0.4, 0.5) is 0 Å². The smallest absolute Gasteiger partial charge is 0.328 e. The van der Waals surface area contributed by atoms with E-state index >= 15 is 0 Å². The molecule has 5 unspecified atom stereocenters. The van der Waals surface area contributed by atoms with Crippen LogP contribution < -0.4 is 21.7 Å². The average molecular weight is 473 g/mol. The second-order valence-corrected chi connectivity index (χ2v) is 7.39. The number of carboxylic acid groups (broad SMARTS) is 1. The fourth-order valence-electron chi connectivity index (χ4n) is 2.56. The normalized spacial score (nSPS) is 15.5. The third-order valence-electron chi connectivity index (χ3n) is 4.40. The number of carbonyl (C=O) groups is 4. The Kier molecular flexibility index (Phi) is 10.9. The van der Waals surface area contributed by atoms with E-state index in [0.29, 0.717) is 5.56 Å². The Morgan fingerprint density at radius 2 is 1.56 bits per heavy atom. The Morgan fingerprint density at radius 1 is 1.00 bits per heavy atom. The minimum atomic E-state index is -1.63. The van der Waals surface area contributed by atoms with Gasteiger partial charge in [-0.05, 0) is 31.0 Å². The number of aromatic hydroxyl groups is 1. The first-order valence-corrected chi connectivity index (χ1v) is 10.2. The van der Waals surface area contributed by atoms with Crippen molar-refractivity contribution >= 4 is 36.3 Å². The predicted octanol–water partition coefficient (Wildman–Crippen LogP) is -2.90. The van der Waals surface area contributed by atoms with Gasteiger partial charge >= 0.3 is 5.97 Å². The summed E-state index contributed by atoms with van der Waals surface area (Å²) in [6.45, 7) is 0.302. The summed E-state index contributed by atoms with van der Waals surface area (Å²) >= 11 is 4.01. The van der Waals surface area contributed by atoms with E-state index in [1.54, 1.807) is 12.1 Å². The van der Waals surface area contributed by atoms with Crippen LogP contribution in [0.15, 0.2) is 24.3 Å². The molecule has 12 nitrogen and oxygen atoms in total. The van der Waals surface area contributed by atoms with Gasteiger partial charge in [-0.15, -0.1) is 0 Å². The van der Waals surface area contributed by atoms with Gasteiger partial charge in [0.25, 0.3) is 0 Å². The number of aliphatic hydroxyl groups excluding tert-OH is 2. The molecule has 1 rings (SSSR count). The maximum absolute atomic E-state index is 12.5. The highest BCUT2D eigenvalue weighted by atomic mass is 32.1. The van der Waals surface area contributed by atoms with Crippen LogP contribution in [-0.2, 0) is 25.6 Å². The highest BCUT2D eigenvalue weighted by molar-refractivity contribution is 7.80. The molecule has 1 aromatic carbocycles. The number of amides is 3. The van der Waals surface area contributed by atoms with Crippen LogP contribution in [0.3, 0.4) is 0 Å². The van der Waals surface area contributed by atoms with E-state index in [0.717, 1.165) is 0 Å². The van der Waals surface area contributed by atoms with Crippen molar-refractivity contribution in [3.63, 3.8) is 0 Å². The molecule has 0 aliphatic rings. The molecule has 9 N–H and O–H groups in total. The van der Waals surface area contributed by atoms with E-state index in [4.69, 9.17) is 15.9 Å². The second-order valence-electron chi connectivity index (χ2n) is 7.03. The number of hydrogen-bond donors (Lipinski definition) is 9. The topological polar surface area (TPSA) is 211 Å². The molecule has 178 valence electrons. The molecule has 0 spiro atoms. The van der Waals surface area contributed by atoms with Gasteiger partial charge < -0.3 is 42.1 Å². The summed E-state index contributed by atoms with van der Waals surface area (Å²) in [6, 6.07) is 0.653. The molecule has 0 heterocycles. The predicted molar refractivity (Wildman–Crippen MR) is 116 cm³/mol. The van der Waals surface area contributed by atoms with Gasteiger partial charge in [-0.1, -0.05) is 12.1 Å². The van der Waals surface area contributed by atoms with Crippen molar-refractivity contribution in [1.29, 1.82) is 0 Å². The van der Waals surface area contributed by atoms with Crippen molar-refractivity contribution in [3.05, 3.63) is 29.8 Å². The fraction of sp³-hybridized carbons (Fsp3) is 0.474. The number of aliphatic hydroxyl groups is 2. The summed E-state index contributed by atoms with van der Waals surface area (Å²) in [6.07, 6.45) is -1.29. The number of nitrogens with one attached hydrogen (secondary N) is 3. The lowest BCUT2D eigenvalue weighted by atomic mass is 10.1. The quantitative estimate of drug-likeness (QED) is 0.143. The van der Waals surface area contributed by atoms with Gasteiger partial charge in [0.05, 0.1) is 18.8 Å². The van der Waals surface area contributed by atoms with Crippen LogP contribution in [0, 0.1) is 0 Å². The first-order valence-electron chi connectivity index (χ1n) is 9.57. The summed E-state index contributed by atoms with van der Waals surface area (Å²) in [4.78, 5) is 48.1. The molecule has 0 aliphatic heterocycles. The summed E-state index contributed by atoms with van der Waals surface area (Å²) in [5.74, 6) is -4.17. The van der Waals surface area contributed by atoms with Crippen LogP contribution in [0.5, 0.6) is 5.75 Å². The van der Waals surface area contributed by atoms with Gasteiger partial charge in [0, 0.05) is 5.75 Å². The van der Waals surface area contributed by atoms with Crippen LogP contribution in [-0.4, -0.2) is 86.7 Å². The minimum absolute atomic E-state index is 0.0592. The second kappa shape index (κ2) is 12.9. The zero-order chi connectivity index (χ0) is 24.4. The van der Waals surface area contributed by atoms with E-state index in [1.807, 2.05) is 5.32 Å². The van der Waals surface area contributed by atoms with Crippen LogP contribution >= 0.6 is 12.6 Å². The minimum Gasteiger partial charge on any atom is -0.508 e. The van der Waals surface area contributed by atoms with E-state index in [1.165, 1.54) is 19.1 Å². The molecule has 0 bridgehead atoms. The average Bonchev–Trinajstić information content (AvgIpc) is 2.74. The van der Waals surface area contributed by atoms with Crippen molar-refractivity contribution in [2.45, 2.75) is 43.6 Å². The molecule has 0 aromatic heterocycles. The Hall–Kier alpha value is -2.87. The van der Waals surface area contributed by atoms with Crippen LogP contribution in [0.1, 0.15) is 12.5 Å². The van der Waals surface area contributed by atoms with Crippen molar-refractivity contribution in [2.24, 2.45) is 5.73 Å².